The zero-order chi connectivity index (χ0) is 8.60. The van der Waals surface area contributed by atoms with Crippen molar-refractivity contribution in [1.82, 2.24) is 0 Å². The van der Waals surface area contributed by atoms with Crippen molar-refractivity contribution in [3.05, 3.63) is 21.9 Å². The first-order chi connectivity index (χ1) is 5.76. The molecule has 2 rings (SSSR count). The lowest BCUT2D eigenvalue weighted by atomic mass is 9.83. The second-order valence-electron chi connectivity index (χ2n) is 3.35. The lowest BCUT2D eigenvalue weighted by molar-refractivity contribution is 0.0288. The third-order valence-electron chi connectivity index (χ3n) is 2.58. The van der Waals surface area contributed by atoms with Crippen LogP contribution >= 0.6 is 11.3 Å². The second-order valence-corrected chi connectivity index (χ2v) is 4.35. The zero-order valence-electron chi connectivity index (χ0n) is 6.92. The Morgan fingerprint density at radius 3 is 3.25 bits per heavy atom. The number of aryl methyl sites for hydroxylation is 1. The van der Waals surface area contributed by atoms with Crippen LogP contribution in [0.5, 0.6) is 0 Å². The Hall–Kier alpha value is -0.380. The van der Waals surface area contributed by atoms with E-state index < -0.39 is 5.60 Å². The number of aliphatic hydroxyl groups is 1. The number of fused-ring (bicyclic) bond motifs is 1. The maximum Gasteiger partial charge on any atom is 0.103 e. The number of hydrogen-bond donors (Lipinski definition) is 2. The molecule has 1 aromatic rings. The fourth-order valence-electron chi connectivity index (χ4n) is 1.84. The maximum absolute atomic E-state index is 10.1. The van der Waals surface area contributed by atoms with E-state index in [4.69, 9.17) is 5.73 Å². The van der Waals surface area contributed by atoms with Gasteiger partial charge in [-0.15, -0.1) is 11.3 Å². The van der Waals surface area contributed by atoms with Crippen LogP contribution in [0.15, 0.2) is 11.4 Å². The SMILES string of the molecule is NCC1(O)CCCc2sccc21. The van der Waals surface area contributed by atoms with Gasteiger partial charge in [0, 0.05) is 11.4 Å². The normalized spacial score (nSPS) is 28.5. The fraction of sp³-hybridized carbons (Fsp3) is 0.556. The molecular weight excluding hydrogens is 170 g/mol. The number of thiophene rings is 1. The van der Waals surface area contributed by atoms with Crippen LogP contribution in [0, 0.1) is 0 Å². The van der Waals surface area contributed by atoms with Gasteiger partial charge >= 0.3 is 0 Å². The highest BCUT2D eigenvalue weighted by molar-refractivity contribution is 7.10. The number of hydrogen-bond acceptors (Lipinski definition) is 3. The van der Waals surface area contributed by atoms with Gasteiger partial charge in [-0.3, -0.25) is 0 Å². The van der Waals surface area contributed by atoms with E-state index in [9.17, 15) is 5.11 Å². The van der Waals surface area contributed by atoms with Crippen LogP contribution in [-0.4, -0.2) is 11.7 Å². The first-order valence-corrected chi connectivity index (χ1v) is 5.13. The summed E-state index contributed by atoms with van der Waals surface area (Å²) < 4.78 is 0. The Morgan fingerprint density at radius 2 is 2.50 bits per heavy atom. The highest BCUT2D eigenvalue weighted by Crippen LogP contribution is 2.37. The molecule has 0 bridgehead atoms. The Kier molecular flexibility index (Phi) is 1.94. The summed E-state index contributed by atoms with van der Waals surface area (Å²) >= 11 is 1.73. The van der Waals surface area contributed by atoms with Gasteiger partial charge in [-0.05, 0) is 36.3 Å². The van der Waals surface area contributed by atoms with Crippen molar-refractivity contribution < 1.29 is 5.11 Å². The van der Waals surface area contributed by atoms with Crippen LogP contribution < -0.4 is 5.73 Å². The topological polar surface area (TPSA) is 46.2 Å². The molecule has 0 saturated carbocycles. The van der Waals surface area contributed by atoms with Crippen LogP contribution in [0.1, 0.15) is 23.3 Å². The molecule has 2 nitrogen and oxygen atoms in total. The van der Waals surface area contributed by atoms with Crippen molar-refractivity contribution in [3.63, 3.8) is 0 Å². The smallest absolute Gasteiger partial charge is 0.103 e. The highest BCUT2D eigenvalue weighted by Gasteiger charge is 2.33. The van der Waals surface area contributed by atoms with E-state index in [1.807, 2.05) is 11.4 Å². The van der Waals surface area contributed by atoms with Crippen LogP contribution in [0.25, 0.3) is 0 Å². The Balaban J connectivity index is 2.44. The molecule has 1 aliphatic rings. The molecule has 0 fully saturated rings. The predicted octanol–water partition coefficient (Wildman–Crippen LogP) is 1.23. The molecule has 1 heterocycles. The molecule has 3 N–H and O–H groups in total. The van der Waals surface area contributed by atoms with Gasteiger partial charge in [-0.25, -0.2) is 0 Å². The summed E-state index contributed by atoms with van der Waals surface area (Å²) in [6.07, 6.45) is 2.98. The molecule has 0 amide bonds. The van der Waals surface area contributed by atoms with E-state index in [-0.39, 0.29) is 0 Å². The minimum absolute atomic E-state index is 0.344. The molecule has 12 heavy (non-hydrogen) atoms. The molecule has 1 aliphatic carbocycles. The molecule has 0 radical (unpaired) electrons. The van der Waals surface area contributed by atoms with Crippen molar-refractivity contribution in [2.75, 3.05) is 6.54 Å². The zero-order valence-corrected chi connectivity index (χ0v) is 7.73. The number of nitrogens with two attached hydrogens (primary N) is 1. The van der Waals surface area contributed by atoms with Crippen LogP contribution in [0.2, 0.25) is 0 Å². The Bertz CT molecular complexity index is 284. The third-order valence-corrected chi connectivity index (χ3v) is 3.56. The molecular formula is C9H13NOS. The summed E-state index contributed by atoms with van der Waals surface area (Å²) in [5.74, 6) is 0. The minimum Gasteiger partial charge on any atom is -0.384 e. The van der Waals surface area contributed by atoms with Crippen molar-refractivity contribution in [2.24, 2.45) is 5.73 Å². The molecule has 1 aromatic heterocycles. The van der Waals surface area contributed by atoms with E-state index in [2.05, 4.69) is 0 Å². The van der Waals surface area contributed by atoms with Crippen LogP contribution in [0.3, 0.4) is 0 Å². The van der Waals surface area contributed by atoms with Gasteiger partial charge in [0.25, 0.3) is 0 Å². The van der Waals surface area contributed by atoms with E-state index in [0.29, 0.717) is 6.54 Å². The van der Waals surface area contributed by atoms with Crippen molar-refractivity contribution >= 4 is 11.3 Å². The van der Waals surface area contributed by atoms with Gasteiger partial charge in [0.05, 0.1) is 0 Å². The standard InChI is InChI=1S/C9H13NOS/c10-6-9(11)4-1-2-8-7(9)3-5-12-8/h3,5,11H,1-2,4,6,10H2. The van der Waals surface area contributed by atoms with Gasteiger partial charge < -0.3 is 10.8 Å². The van der Waals surface area contributed by atoms with E-state index in [1.165, 1.54) is 4.88 Å². The van der Waals surface area contributed by atoms with Gasteiger partial charge in [0.1, 0.15) is 5.60 Å². The average Bonchev–Trinajstić information content (AvgIpc) is 2.54. The Labute approximate surface area is 76.0 Å². The van der Waals surface area contributed by atoms with Gasteiger partial charge in [-0.2, -0.15) is 0 Å². The summed E-state index contributed by atoms with van der Waals surface area (Å²) in [4.78, 5) is 1.31. The molecule has 1 atom stereocenters. The first kappa shape index (κ1) is 8.23. The molecule has 0 saturated heterocycles. The van der Waals surface area contributed by atoms with E-state index in [1.54, 1.807) is 11.3 Å². The van der Waals surface area contributed by atoms with Gasteiger partial charge in [-0.1, -0.05) is 0 Å². The summed E-state index contributed by atoms with van der Waals surface area (Å²) in [6.45, 7) is 0.344. The van der Waals surface area contributed by atoms with Crippen molar-refractivity contribution in [2.45, 2.75) is 24.9 Å². The fourth-order valence-corrected chi connectivity index (χ4v) is 2.85. The molecule has 0 spiro atoms. The minimum atomic E-state index is -0.729. The molecule has 1 unspecified atom stereocenters. The lowest BCUT2D eigenvalue weighted by Gasteiger charge is -2.31. The molecule has 0 aliphatic heterocycles. The first-order valence-electron chi connectivity index (χ1n) is 4.25. The average molecular weight is 183 g/mol. The summed E-state index contributed by atoms with van der Waals surface area (Å²) in [6, 6.07) is 2.01. The highest BCUT2D eigenvalue weighted by atomic mass is 32.1. The molecule has 66 valence electrons. The molecule has 0 aromatic carbocycles. The van der Waals surface area contributed by atoms with Crippen molar-refractivity contribution in [3.8, 4) is 0 Å². The summed E-state index contributed by atoms with van der Waals surface area (Å²) in [7, 11) is 0. The van der Waals surface area contributed by atoms with Gasteiger partial charge in [0.2, 0.25) is 0 Å². The second kappa shape index (κ2) is 2.83. The van der Waals surface area contributed by atoms with Crippen LogP contribution in [-0.2, 0) is 12.0 Å². The molecule has 3 heteroatoms. The monoisotopic (exact) mass is 183 g/mol. The lowest BCUT2D eigenvalue weighted by Crippen LogP contribution is -2.37. The van der Waals surface area contributed by atoms with Crippen LogP contribution in [0.4, 0.5) is 0 Å². The van der Waals surface area contributed by atoms with Gasteiger partial charge in [0.15, 0.2) is 0 Å². The van der Waals surface area contributed by atoms with E-state index >= 15 is 0 Å². The quantitative estimate of drug-likeness (QED) is 0.688. The van der Waals surface area contributed by atoms with E-state index in [0.717, 1.165) is 24.8 Å². The third kappa shape index (κ3) is 1.09. The van der Waals surface area contributed by atoms with Crippen molar-refractivity contribution in [1.29, 1.82) is 0 Å². The predicted molar refractivity (Wildman–Crippen MR) is 50.2 cm³/mol. The largest absolute Gasteiger partial charge is 0.384 e. The maximum atomic E-state index is 10.1. The summed E-state index contributed by atoms with van der Waals surface area (Å²) in [5, 5.41) is 12.1. The number of rotatable bonds is 1. The summed E-state index contributed by atoms with van der Waals surface area (Å²) in [5.41, 5.74) is 5.91. The Morgan fingerprint density at radius 1 is 1.67 bits per heavy atom.